The molecule has 1 aromatic rings. The number of anilines is 1. The number of ether oxygens (including phenoxy) is 1. The zero-order valence-electron chi connectivity index (χ0n) is 8.82. The standard InChI is InChI=1S/C11H15ClN2O/c1-9-3-2-4-11(13-9)14-5-6-15-10(7-12)8-14/h2-4,10H,5-8H2,1H3. The minimum atomic E-state index is 0.128. The number of rotatable bonds is 2. The molecular weight excluding hydrogens is 212 g/mol. The Hall–Kier alpha value is -0.800. The summed E-state index contributed by atoms with van der Waals surface area (Å²) in [5, 5.41) is 0. The Balaban J connectivity index is 2.09. The summed E-state index contributed by atoms with van der Waals surface area (Å²) in [6, 6.07) is 6.06. The minimum absolute atomic E-state index is 0.128. The summed E-state index contributed by atoms with van der Waals surface area (Å²) >= 11 is 5.79. The van der Waals surface area contributed by atoms with Crippen molar-refractivity contribution < 1.29 is 4.74 Å². The Morgan fingerprint density at radius 2 is 2.47 bits per heavy atom. The SMILES string of the molecule is Cc1cccc(N2CCOC(CCl)C2)n1. The van der Waals surface area contributed by atoms with Crippen LogP contribution in [0.5, 0.6) is 0 Å². The van der Waals surface area contributed by atoms with E-state index < -0.39 is 0 Å². The van der Waals surface area contributed by atoms with E-state index in [0.29, 0.717) is 5.88 Å². The summed E-state index contributed by atoms with van der Waals surface area (Å²) in [6.07, 6.45) is 0.128. The first-order valence-corrected chi connectivity index (χ1v) is 5.69. The third-order valence-corrected chi connectivity index (χ3v) is 2.85. The second-order valence-corrected chi connectivity index (χ2v) is 4.04. The van der Waals surface area contributed by atoms with Crippen LogP contribution in [0.1, 0.15) is 5.69 Å². The van der Waals surface area contributed by atoms with Gasteiger partial charge in [0.25, 0.3) is 0 Å². The largest absolute Gasteiger partial charge is 0.373 e. The first-order chi connectivity index (χ1) is 7.29. The molecule has 3 nitrogen and oxygen atoms in total. The number of halogens is 1. The van der Waals surface area contributed by atoms with Gasteiger partial charge in [-0.25, -0.2) is 4.98 Å². The summed E-state index contributed by atoms with van der Waals surface area (Å²) in [7, 11) is 0. The van der Waals surface area contributed by atoms with E-state index in [1.165, 1.54) is 0 Å². The zero-order valence-corrected chi connectivity index (χ0v) is 9.57. The Morgan fingerprint density at radius 1 is 1.60 bits per heavy atom. The summed E-state index contributed by atoms with van der Waals surface area (Å²) in [5.74, 6) is 1.57. The molecule has 1 aromatic heterocycles. The van der Waals surface area contributed by atoms with Crippen molar-refractivity contribution in [2.45, 2.75) is 13.0 Å². The molecule has 2 rings (SSSR count). The lowest BCUT2D eigenvalue weighted by molar-refractivity contribution is 0.0551. The number of hydrogen-bond donors (Lipinski definition) is 0. The van der Waals surface area contributed by atoms with E-state index in [1.54, 1.807) is 0 Å². The maximum atomic E-state index is 5.79. The molecular formula is C11H15ClN2O. The van der Waals surface area contributed by atoms with E-state index >= 15 is 0 Å². The highest BCUT2D eigenvalue weighted by molar-refractivity contribution is 6.18. The number of morpholine rings is 1. The van der Waals surface area contributed by atoms with E-state index in [-0.39, 0.29) is 6.10 Å². The van der Waals surface area contributed by atoms with Crippen LogP contribution in [0, 0.1) is 6.92 Å². The molecule has 1 aliphatic rings. The molecule has 0 saturated carbocycles. The fraction of sp³-hybridized carbons (Fsp3) is 0.545. The molecule has 0 amide bonds. The van der Waals surface area contributed by atoms with Gasteiger partial charge >= 0.3 is 0 Å². The molecule has 1 atom stereocenters. The van der Waals surface area contributed by atoms with E-state index in [0.717, 1.165) is 31.2 Å². The molecule has 0 bridgehead atoms. The van der Waals surface area contributed by atoms with Gasteiger partial charge in [-0.2, -0.15) is 0 Å². The number of aromatic nitrogens is 1. The van der Waals surface area contributed by atoms with Gasteiger partial charge in [0.1, 0.15) is 5.82 Å². The predicted octanol–water partition coefficient (Wildman–Crippen LogP) is 1.83. The van der Waals surface area contributed by atoms with E-state index in [1.807, 2.05) is 25.1 Å². The van der Waals surface area contributed by atoms with Gasteiger partial charge in [-0.05, 0) is 19.1 Å². The van der Waals surface area contributed by atoms with Crippen LogP contribution in [0.3, 0.4) is 0 Å². The molecule has 1 saturated heterocycles. The van der Waals surface area contributed by atoms with E-state index in [9.17, 15) is 0 Å². The van der Waals surface area contributed by atoms with Crippen LogP contribution in [0.4, 0.5) is 5.82 Å². The number of pyridine rings is 1. The molecule has 0 aliphatic carbocycles. The molecule has 0 aromatic carbocycles. The van der Waals surface area contributed by atoms with E-state index in [2.05, 4.69) is 9.88 Å². The molecule has 2 heterocycles. The second kappa shape index (κ2) is 4.81. The number of nitrogens with zero attached hydrogens (tertiary/aromatic N) is 2. The van der Waals surface area contributed by atoms with Crippen LogP contribution in [-0.4, -0.2) is 36.7 Å². The molecule has 1 unspecified atom stereocenters. The summed E-state index contributed by atoms with van der Waals surface area (Å²) in [6.45, 7) is 4.46. The maximum Gasteiger partial charge on any atom is 0.128 e. The first kappa shape index (κ1) is 10.7. The van der Waals surface area contributed by atoms with Crippen molar-refractivity contribution in [3.05, 3.63) is 23.9 Å². The molecule has 82 valence electrons. The Kier molecular flexibility index (Phi) is 3.44. The van der Waals surface area contributed by atoms with Crippen LogP contribution in [-0.2, 0) is 4.74 Å². The molecule has 0 N–H and O–H groups in total. The highest BCUT2D eigenvalue weighted by atomic mass is 35.5. The van der Waals surface area contributed by atoms with Gasteiger partial charge in [0, 0.05) is 18.8 Å². The van der Waals surface area contributed by atoms with Crippen LogP contribution < -0.4 is 4.90 Å². The van der Waals surface area contributed by atoms with Crippen LogP contribution >= 0.6 is 11.6 Å². The predicted molar refractivity (Wildman–Crippen MR) is 61.6 cm³/mol. The second-order valence-electron chi connectivity index (χ2n) is 3.73. The highest BCUT2D eigenvalue weighted by Crippen LogP contribution is 2.15. The van der Waals surface area contributed by atoms with Crippen molar-refractivity contribution in [2.24, 2.45) is 0 Å². The molecule has 1 fully saturated rings. The average molecular weight is 227 g/mol. The third kappa shape index (κ3) is 2.61. The average Bonchev–Trinajstić information content (AvgIpc) is 2.29. The van der Waals surface area contributed by atoms with Gasteiger partial charge in [-0.3, -0.25) is 0 Å². The molecule has 0 radical (unpaired) electrons. The summed E-state index contributed by atoms with van der Waals surface area (Å²) in [4.78, 5) is 6.72. The molecule has 1 aliphatic heterocycles. The van der Waals surface area contributed by atoms with Gasteiger partial charge in [0.15, 0.2) is 0 Å². The van der Waals surface area contributed by atoms with Gasteiger partial charge in [0.05, 0.1) is 18.6 Å². The van der Waals surface area contributed by atoms with Gasteiger partial charge < -0.3 is 9.64 Å². The molecule has 15 heavy (non-hydrogen) atoms. The Morgan fingerprint density at radius 3 is 3.20 bits per heavy atom. The normalized spacial score (nSPS) is 21.7. The van der Waals surface area contributed by atoms with Crippen molar-refractivity contribution in [3.8, 4) is 0 Å². The topological polar surface area (TPSA) is 25.4 Å². The molecule has 0 spiro atoms. The summed E-state index contributed by atoms with van der Waals surface area (Å²) < 4.78 is 5.51. The summed E-state index contributed by atoms with van der Waals surface area (Å²) in [5.41, 5.74) is 1.04. The van der Waals surface area contributed by atoms with Crippen molar-refractivity contribution >= 4 is 17.4 Å². The van der Waals surface area contributed by atoms with Crippen LogP contribution in [0.25, 0.3) is 0 Å². The monoisotopic (exact) mass is 226 g/mol. The smallest absolute Gasteiger partial charge is 0.128 e. The first-order valence-electron chi connectivity index (χ1n) is 5.16. The third-order valence-electron chi connectivity index (χ3n) is 2.51. The number of hydrogen-bond acceptors (Lipinski definition) is 3. The highest BCUT2D eigenvalue weighted by Gasteiger charge is 2.20. The lowest BCUT2D eigenvalue weighted by Crippen LogP contribution is -2.43. The zero-order chi connectivity index (χ0) is 10.7. The lowest BCUT2D eigenvalue weighted by Gasteiger charge is -2.32. The van der Waals surface area contributed by atoms with Crippen molar-refractivity contribution in [1.82, 2.24) is 4.98 Å². The Bertz CT molecular complexity index is 332. The van der Waals surface area contributed by atoms with E-state index in [4.69, 9.17) is 16.3 Å². The van der Waals surface area contributed by atoms with Gasteiger partial charge in [-0.1, -0.05) is 6.07 Å². The Labute approximate surface area is 95.0 Å². The van der Waals surface area contributed by atoms with Crippen molar-refractivity contribution in [3.63, 3.8) is 0 Å². The fourth-order valence-electron chi connectivity index (χ4n) is 1.73. The van der Waals surface area contributed by atoms with Crippen molar-refractivity contribution in [1.29, 1.82) is 0 Å². The van der Waals surface area contributed by atoms with Crippen LogP contribution in [0.15, 0.2) is 18.2 Å². The number of aryl methyl sites for hydroxylation is 1. The van der Waals surface area contributed by atoms with Crippen molar-refractivity contribution in [2.75, 3.05) is 30.5 Å². The van der Waals surface area contributed by atoms with Gasteiger partial charge in [-0.15, -0.1) is 11.6 Å². The lowest BCUT2D eigenvalue weighted by atomic mass is 10.3. The molecule has 4 heteroatoms. The van der Waals surface area contributed by atoms with Gasteiger partial charge in [0.2, 0.25) is 0 Å². The van der Waals surface area contributed by atoms with Crippen LogP contribution in [0.2, 0.25) is 0 Å². The quantitative estimate of drug-likeness (QED) is 0.720. The minimum Gasteiger partial charge on any atom is -0.373 e. The number of alkyl halides is 1. The maximum absolute atomic E-state index is 5.79. The fourth-order valence-corrected chi connectivity index (χ4v) is 1.91.